The summed E-state index contributed by atoms with van der Waals surface area (Å²) < 4.78 is 1.68. The van der Waals surface area contributed by atoms with Gasteiger partial charge in [-0.1, -0.05) is 13.8 Å². The zero-order valence-electron chi connectivity index (χ0n) is 12.5. The average Bonchev–Trinajstić information content (AvgIpc) is 3.15. The van der Waals surface area contributed by atoms with Gasteiger partial charge in [0, 0.05) is 25.9 Å². The van der Waals surface area contributed by atoms with Crippen LogP contribution in [0.15, 0.2) is 0 Å². The Morgan fingerprint density at radius 1 is 0.952 bits per heavy atom. The molecule has 0 saturated carbocycles. The SMILES string of the molecule is CCc1nc(CC)n(-c2nc(N)nc(N3CCCC3)n2)n1. The number of aryl methyl sites for hydroxylation is 2. The first-order chi connectivity index (χ1) is 10.2. The van der Waals surface area contributed by atoms with Crippen LogP contribution in [0.3, 0.4) is 0 Å². The van der Waals surface area contributed by atoms with Crippen molar-refractivity contribution in [3.05, 3.63) is 11.6 Å². The summed E-state index contributed by atoms with van der Waals surface area (Å²) in [6.45, 7) is 5.98. The molecular weight excluding hydrogens is 268 g/mol. The van der Waals surface area contributed by atoms with Crippen LogP contribution < -0.4 is 10.6 Å². The van der Waals surface area contributed by atoms with E-state index in [4.69, 9.17) is 5.73 Å². The molecule has 8 heteroatoms. The molecule has 0 aliphatic carbocycles. The summed E-state index contributed by atoms with van der Waals surface area (Å²) in [6, 6.07) is 0. The van der Waals surface area contributed by atoms with Gasteiger partial charge >= 0.3 is 0 Å². The van der Waals surface area contributed by atoms with Gasteiger partial charge in [0.25, 0.3) is 5.95 Å². The van der Waals surface area contributed by atoms with E-state index >= 15 is 0 Å². The van der Waals surface area contributed by atoms with E-state index in [1.54, 1.807) is 4.68 Å². The average molecular weight is 288 g/mol. The molecule has 0 unspecified atom stereocenters. The fourth-order valence-electron chi connectivity index (χ4n) is 2.45. The van der Waals surface area contributed by atoms with E-state index in [9.17, 15) is 0 Å². The minimum absolute atomic E-state index is 0.220. The third-order valence-corrected chi connectivity index (χ3v) is 3.56. The van der Waals surface area contributed by atoms with Crippen LogP contribution in [-0.4, -0.2) is 42.8 Å². The number of hydrogen-bond acceptors (Lipinski definition) is 7. The Morgan fingerprint density at radius 3 is 2.33 bits per heavy atom. The maximum atomic E-state index is 5.84. The number of nitrogens with two attached hydrogens (primary N) is 1. The molecule has 3 rings (SSSR count). The zero-order valence-corrected chi connectivity index (χ0v) is 12.5. The number of rotatable bonds is 4. The Kier molecular flexibility index (Phi) is 3.68. The van der Waals surface area contributed by atoms with E-state index in [-0.39, 0.29) is 5.95 Å². The lowest BCUT2D eigenvalue weighted by molar-refractivity contribution is 0.731. The first-order valence-corrected chi connectivity index (χ1v) is 7.43. The molecular formula is C13H20N8. The predicted molar refractivity (Wildman–Crippen MR) is 79.4 cm³/mol. The van der Waals surface area contributed by atoms with Crippen LogP contribution in [0.1, 0.15) is 38.3 Å². The summed E-state index contributed by atoms with van der Waals surface area (Å²) in [7, 11) is 0. The highest BCUT2D eigenvalue weighted by Crippen LogP contribution is 2.18. The van der Waals surface area contributed by atoms with E-state index in [2.05, 4.69) is 29.9 Å². The first-order valence-electron chi connectivity index (χ1n) is 7.43. The van der Waals surface area contributed by atoms with E-state index < -0.39 is 0 Å². The normalized spacial score (nSPS) is 14.9. The minimum Gasteiger partial charge on any atom is -0.368 e. The zero-order chi connectivity index (χ0) is 14.8. The number of hydrogen-bond donors (Lipinski definition) is 1. The monoisotopic (exact) mass is 288 g/mol. The topological polar surface area (TPSA) is 98.6 Å². The van der Waals surface area contributed by atoms with Gasteiger partial charge in [-0.2, -0.15) is 19.6 Å². The van der Waals surface area contributed by atoms with Gasteiger partial charge in [0.2, 0.25) is 11.9 Å². The summed E-state index contributed by atoms with van der Waals surface area (Å²) in [5.41, 5.74) is 5.84. The maximum Gasteiger partial charge on any atom is 0.258 e. The van der Waals surface area contributed by atoms with Crippen LogP contribution in [0.2, 0.25) is 0 Å². The molecule has 0 amide bonds. The lowest BCUT2D eigenvalue weighted by Gasteiger charge is -2.15. The molecule has 2 N–H and O–H groups in total. The summed E-state index contributed by atoms with van der Waals surface area (Å²) >= 11 is 0. The van der Waals surface area contributed by atoms with Crippen molar-refractivity contribution < 1.29 is 0 Å². The van der Waals surface area contributed by atoms with Crippen LogP contribution >= 0.6 is 0 Å². The fraction of sp³-hybridized carbons (Fsp3) is 0.615. The second kappa shape index (κ2) is 5.63. The van der Waals surface area contributed by atoms with Gasteiger partial charge < -0.3 is 10.6 Å². The molecule has 0 radical (unpaired) electrons. The van der Waals surface area contributed by atoms with Gasteiger partial charge in [-0.25, -0.2) is 4.98 Å². The second-order valence-electron chi connectivity index (χ2n) is 5.05. The quantitative estimate of drug-likeness (QED) is 0.886. The lowest BCUT2D eigenvalue weighted by Crippen LogP contribution is -2.23. The van der Waals surface area contributed by atoms with Gasteiger partial charge in [0.1, 0.15) is 5.82 Å². The van der Waals surface area contributed by atoms with Crippen LogP contribution in [0.5, 0.6) is 0 Å². The van der Waals surface area contributed by atoms with E-state index in [0.29, 0.717) is 11.9 Å². The molecule has 21 heavy (non-hydrogen) atoms. The smallest absolute Gasteiger partial charge is 0.258 e. The molecule has 0 bridgehead atoms. The van der Waals surface area contributed by atoms with Crippen LogP contribution in [0.25, 0.3) is 5.95 Å². The summed E-state index contributed by atoms with van der Waals surface area (Å²) in [5, 5.41) is 4.46. The van der Waals surface area contributed by atoms with Crippen molar-refractivity contribution in [3.8, 4) is 5.95 Å². The Labute approximate surface area is 123 Å². The van der Waals surface area contributed by atoms with Crippen molar-refractivity contribution in [1.29, 1.82) is 0 Å². The Balaban J connectivity index is 2.03. The molecule has 1 fully saturated rings. The number of anilines is 2. The molecule has 1 aliphatic heterocycles. The summed E-state index contributed by atoms with van der Waals surface area (Å²) in [5.74, 6) is 2.93. The van der Waals surface area contributed by atoms with Crippen LogP contribution in [0, 0.1) is 0 Å². The fourth-order valence-corrected chi connectivity index (χ4v) is 2.45. The molecule has 2 aromatic heterocycles. The summed E-state index contributed by atoms with van der Waals surface area (Å²) in [6.07, 6.45) is 3.85. The second-order valence-corrected chi connectivity index (χ2v) is 5.05. The van der Waals surface area contributed by atoms with Crippen molar-refractivity contribution in [2.75, 3.05) is 23.7 Å². The summed E-state index contributed by atoms with van der Waals surface area (Å²) in [4.78, 5) is 19.6. The van der Waals surface area contributed by atoms with Crippen LogP contribution in [-0.2, 0) is 12.8 Å². The molecule has 112 valence electrons. The van der Waals surface area contributed by atoms with Crippen molar-refractivity contribution in [3.63, 3.8) is 0 Å². The third-order valence-electron chi connectivity index (χ3n) is 3.56. The van der Waals surface area contributed by atoms with Gasteiger partial charge in [0.05, 0.1) is 0 Å². The largest absolute Gasteiger partial charge is 0.368 e. The highest BCUT2D eigenvalue weighted by Gasteiger charge is 2.19. The Hall–Kier alpha value is -2.25. The number of nitrogens with zero attached hydrogens (tertiary/aromatic N) is 7. The number of aromatic nitrogens is 6. The standard InChI is InChI=1S/C13H20N8/c1-3-9-15-10(4-2)21(19-9)13-17-11(14)16-12(18-13)20-7-5-6-8-20/h3-8H2,1-2H3,(H2,14,16,17,18). The minimum atomic E-state index is 0.220. The Bertz CT molecular complexity index is 629. The van der Waals surface area contributed by atoms with Crippen molar-refractivity contribution >= 4 is 11.9 Å². The molecule has 8 nitrogen and oxygen atoms in total. The highest BCUT2D eigenvalue weighted by molar-refractivity contribution is 5.38. The van der Waals surface area contributed by atoms with Crippen molar-refractivity contribution in [2.24, 2.45) is 0 Å². The van der Waals surface area contributed by atoms with E-state index in [0.717, 1.165) is 50.4 Å². The molecule has 1 aliphatic rings. The molecule has 3 heterocycles. The molecule has 0 spiro atoms. The molecule has 2 aromatic rings. The maximum absolute atomic E-state index is 5.84. The molecule has 0 atom stereocenters. The van der Waals surface area contributed by atoms with E-state index in [1.165, 1.54) is 0 Å². The highest BCUT2D eigenvalue weighted by atomic mass is 15.4. The molecule has 0 aromatic carbocycles. The first kappa shape index (κ1) is 13.7. The van der Waals surface area contributed by atoms with Crippen LogP contribution in [0.4, 0.5) is 11.9 Å². The van der Waals surface area contributed by atoms with Gasteiger partial charge in [0.15, 0.2) is 5.82 Å². The van der Waals surface area contributed by atoms with Gasteiger partial charge in [-0.3, -0.25) is 0 Å². The molecule has 1 saturated heterocycles. The third kappa shape index (κ3) is 2.65. The predicted octanol–water partition coefficient (Wildman–Crippen LogP) is 0.759. The van der Waals surface area contributed by atoms with Gasteiger partial charge in [-0.05, 0) is 12.8 Å². The van der Waals surface area contributed by atoms with Crippen molar-refractivity contribution in [2.45, 2.75) is 39.5 Å². The van der Waals surface area contributed by atoms with E-state index in [1.807, 2.05) is 13.8 Å². The van der Waals surface area contributed by atoms with Gasteiger partial charge in [-0.15, -0.1) is 5.10 Å². The Morgan fingerprint density at radius 2 is 1.67 bits per heavy atom. The lowest BCUT2D eigenvalue weighted by atomic mass is 10.4. The number of nitrogen functional groups attached to an aromatic ring is 1. The van der Waals surface area contributed by atoms with Crippen molar-refractivity contribution in [1.82, 2.24) is 29.7 Å².